The lowest BCUT2D eigenvalue weighted by molar-refractivity contribution is -0.121. The van der Waals surface area contributed by atoms with E-state index in [-0.39, 0.29) is 22.6 Å². The van der Waals surface area contributed by atoms with Crippen molar-refractivity contribution >= 4 is 38.9 Å². The van der Waals surface area contributed by atoms with Crippen molar-refractivity contribution in [1.29, 1.82) is 0 Å². The van der Waals surface area contributed by atoms with E-state index in [9.17, 15) is 18.0 Å². The first-order chi connectivity index (χ1) is 15.4. The molecule has 0 saturated carbocycles. The number of carbonyl (C=O) groups excluding carboxylic acids is 2. The third-order valence-corrected chi connectivity index (χ3v) is 7.97. The van der Waals surface area contributed by atoms with Gasteiger partial charge in [-0.2, -0.15) is 0 Å². The molecule has 1 aromatic heterocycles. The quantitative estimate of drug-likeness (QED) is 0.504. The molecule has 0 bridgehead atoms. The van der Waals surface area contributed by atoms with Gasteiger partial charge in [-0.1, -0.05) is 32.3 Å². The van der Waals surface area contributed by atoms with Crippen molar-refractivity contribution in [3.63, 3.8) is 0 Å². The highest BCUT2D eigenvalue weighted by atomic mass is 32.2. The second-order valence-corrected chi connectivity index (χ2v) is 10.7. The van der Waals surface area contributed by atoms with Crippen LogP contribution in [0.1, 0.15) is 55.1 Å². The van der Waals surface area contributed by atoms with E-state index in [0.29, 0.717) is 38.2 Å². The fourth-order valence-electron chi connectivity index (χ4n) is 3.70. The lowest BCUT2D eigenvalue weighted by atomic mass is 9.95. The van der Waals surface area contributed by atoms with Crippen LogP contribution in [0.4, 0.5) is 5.69 Å². The van der Waals surface area contributed by atoms with Gasteiger partial charge in [0.1, 0.15) is 0 Å². The molecule has 1 aromatic carbocycles. The van der Waals surface area contributed by atoms with Crippen molar-refractivity contribution in [2.75, 3.05) is 25.0 Å². The fourth-order valence-corrected chi connectivity index (χ4v) is 5.47. The van der Waals surface area contributed by atoms with Gasteiger partial charge in [0.25, 0.3) is 5.91 Å². The Bertz CT molecular complexity index is 981. The first-order valence-electron chi connectivity index (χ1n) is 11.1. The molecule has 2 heterocycles. The highest BCUT2D eigenvalue weighted by Gasteiger charge is 2.28. The summed E-state index contributed by atoms with van der Waals surface area (Å²) in [4.78, 5) is 27.8. The van der Waals surface area contributed by atoms with E-state index in [1.165, 1.54) is 23.5 Å². The Kier molecular flexibility index (Phi) is 8.84. The molecule has 0 radical (unpaired) electrons. The number of nitrogens with zero attached hydrogens (tertiary/aromatic N) is 1. The predicted octanol–water partition coefficient (Wildman–Crippen LogP) is 4.10. The number of hydrogen-bond donors (Lipinski definition) is 2. The van der Waals surface area contributed by atoms with Gasteiger partial charge >= 0.3 is 0 Å². The Morgan fingerprint density at radius 1 is 1.06 bits per heavy atom. The monoisotopic (exact) mass is 477 g/mol. The highest BCUT2D eigenvalue weighted by molar-refractivity contribution is 7.89. The highest BCUT2D eigenvalue weighted by Crippen LogP contribution is 2.23. The summed E-state index contributed by atoms with van der Waals surface area (Å²) in [5, 5.41) is 4.76. The second kappa shape index (κ2) is 11.6. The molecule has 0 unspecified atom stereocenters. The summed E-state index contributed by atoms with van der Waals surface area (Å²) in [6.45, 7) is 3.64. The van der Waals surface area contributed by atoms with Gasteiger partial charge in [0.05, 0.1) is 9.77 Å². The summed E-state index contributed by atoms with van der Waals surface area (Å²) in [6.07, 6.45) is 5.24. The van der Waals surface area contributed by atoms with Gasteiger partial charge in [-0.05, 0) is 55.0 Å². The van der Waals surface area contributed by atoms with Crippen LogP contribution in [0.25, 0.3) is 0 Å². The molecule has 32 heavy (non-hydrogen) atoms. The van der Waals surface area contributed by atoms with Crippen molar-refractivity contribution < 1.29 is 18.0 Å². The Labute approximate surface area is 194 Å². The molecule has 1 saturated heterocycles. The third kappa shape index (κ3) is 6.63. The van der Waals surface area contributed by atoms with Gasteiger partial charge in [0.15, 0.2) is 0 Å². The van der Waals surface area contributed by atoms with Crippen LogP contribution in [0.15, 0.2) is 46.7 Å². The summed E-state index contributed by atoms with van der Waals surface area (Å²) >= 11 is 1.43. The van der Waals surface area contributed by atoms with Gasteiger partial charge in [-0.25, -0.2) is 13.1 Å². The van der Waals surface area contributed by atoms with E-state index in [2.05, 4.69) is 17.0 Å². The summed E-state index contributed by atoms with van der Waals surface area (Å²) in [7, 11) is -3.55. The number of thiophene rings is 1. The molecule has 1 aliphatic heterocycles. The zero-order valence-electron chi connectivity index (χ0n) is 18.4. The van der Waals surface area contributed by atoms with Crippen LogP contribution in [0.3, 0.4) is 0 Å². The third-order valence-electron chi connectivity index (χ3n) is 5.64. The molecule has 0 atom stereocenters. The van der Waals surface area contributed by atoms with E-state index >= 15 is 0 Å². The minimum atomic E-state index is -3.55. The fraction of sp³-hybridized carbons (Fsp3) is 0.478. The number of hydrogen-bond acceptors (Lipinski definition) is 5. The van der Waals surface area contributed by atoms with Gasteiger partial charge in [0, 0.05) is 31.2 Å². The Hall–Kier alpha value is -2.23. The molecule has 9 heteroatoms. The van der Waals surface area contributed by atoms with Crippen LogP contribution in [-0.4, -0.2) is 44.8 Å². The van der Waals surface area contributed by atoms with E-state index in [1.54, 1.807) is 17.0 Å². The molecule has 0 spiro atoms. The van der Waals surface area contributed by atoms with Crippen molar-refractivity contribution in [3.8, 4) is 0 Å². The summed E-state index contributed by atoms with van der Waals surface area (Å²) < 4.78 is 27.4. The molecule has 2 aromatic rings. The van der Waals surface area contributed by atoms with E-state index in [0.717, 1.165) is 30.6 Å². The number of unbranched alkanes of at least 4 members (excludes halogenated alkanes) is 3. The van der Waals surface area contributed by atoms with Crippen molar-refractivity contribution in [1.82, 2.24) is 9.62 Å². The Balaban J connectivity index is 1.47. The average molecular weight is 478 g/mol. The number of sulfonamides is 1. The van der Waals surface area contributed by atoms with Crippen LogP contribution in [0, 0.1) is 5.92 Å². The summed E-state index contributed by atoms with van der Waals surface area (Å²) in [5.74, 6) is -0.247. The molecule has 174 valence electrons. The minimum Gasteiger partial charge on any atom is -0.338 e. The SMILES string of the molecule is CCCCCCNS(=O)(=O)c1ccc(NC(=O)C2CCN(C(=O)c3cccs3)CC2)cc1. The smallest absolute Gasteiger partial charge is 0.263 e. The summed E-state index contributed by atoms with van der Waals surface area (Å²) in [6, 6.07) is 9.91. The lowest BCUT2D eigenvalue weighted by Crippen LogP contribution is -2.41. The molecular weight excluding hydrogens is 446 g/mol. The van der Waals surface area contributed by atoms with Crippen LogP contribution in [-0.2, 0) is 14.8 Å². The predicted molar refractivity (Wildman–Crippen MR) is 127 cm³/mol. The second-order valence-electron chi connectivity index (χ2n) is 8.02. The molecule has 7 nitrogen and oxygen atoms in total. The number of amides is 2. The first kappa shape index (κ1) is 24.4. The molecule has 2 amide bonds. The maximum Gasteiger partial charge on any atom is 0.263 e. The van der Waals surface area contributed by atoms with E-state index < -0.39 is 10.0 Å². The van der Waals surface area contributed by atoms with E-state index in [4.69, 9.17) is 0 Å². The Morgan fingerprint density at radius 3 is 2.41 bits per heavy atom. The first-order valence-corrected chi connectivity index (χ1v) is 13.5. The Morgan fingerprint density at radius 2 is 1.78 bits per heavy atom. The van der Waals surface area contributed by atoms with E-state index in [1.807, 2.05) is 17.5 Å². The largest absolute Gasteiger partial charge is 0.338 e. The van der Waals surface area contributed by atoms with Gasteiger partial charge in [0.2, 0.25) is 15.9 Å². The van der Waals surface area contributed by atoms with Crippen LogP contribution in [0.5, 0.6) is 0 Å². The molecule has 1 fully saturated rings. The van der Waals surface area contributed by atoms with Crippen molar-refractivity contribution in [3.05, 3.63) is 46.7 Å². The standard InChI is InChI=1S/C23H31N3O4S2/c1-2-3-4-5-14-24-32(29,30)20-10-8-19(9-11-20)25-22(27)18-12-15-26(16-13-18)23(28)21-7-6-17-31-21/h6-11,17-18,24H,2-5,12-16H2,1H3,(H,25,27). The van der Waals surface area contributed by atoms with Gasteiger partial charge < -0.3 is 10.2 Å². The molecule has 1 aliphatic rings. The number of piperidine rings is 1. The molecule has 2 N–H and O–H groups in total. The topological polar surface area (TPSA) is 95.6 Å². The maximum atomic E-state index is 12.6. The number of nitrogens with one attached hydrogen (secondary N) is 2. The van der Waals surface area contributed by atoms with Crippen molar-refractivity contribution in [2.24, 2.45) is 5.92 Å². The number of rotatable bonds is 10. The molecule has 3 rings (SSSR count). The van der Waals surface area contributed by atoms with Crippen molar-refractivity contribution in [2.45, 2.75) is 50.3 Å². The normalized spacial score (nSPS) is 15.0. The molecule has 0 aliphatic carbocycles. The van der Waals surface area contributed by atoms with Gasteiger partial charge in [-0.15, -0.1) is 11.3 Å². The zero-order valence-corrected chi connectivity index (χ0v) is 20.0. The van der Waals surface area contributed by atoms with Gasteiger partial charge in [-0.3, -0.25) is 9.59 Å². The molecular formula is C23H31N3O4S2. The number of carbonyl (C=O) groups is 2. The van der Waals surface area contributed by atoms with Crippen LogP contribution in [0.2, 0.25) is 0 Å². The van der Waals surface area contributed by atoms with Crippen LogP contribution >= 0.6 is 11.3 Å². The zero-order chi connectivity index (χ0) is 23.0. The van der Waals surface area contributed by atoms with Crippen LogP contribution < -0.4 is 10.0 Å². The minimum absolute atomic E-state index is 0.0228. The number of benzene rings is 1. The number of anilines is 1. The average Bonchev–Trinajstić information content (AvgIpc) is 3.34. The lowest BCUT2D eigenvalue weighted by Gasteiger charge is -2.31. The maximum absolute atomic E-state index is 12.6. The summed E-state index contributed by atoms with van der Waals surface area (Å²) in [5.41, 5.74) is 0.564. The number of likely N-dealkylation sites (tertiary alicyclic amines) is 1.